The predicted molar refractivity (Wildman–Crippen MR) is 84.0 cm³/mol. The van der Waals surface area contributed by atoms with E-state index in [4.69, 9.17) is 0 Å². The molecule has 24 heavy (non-hydrogen) atoms. The summed E-state index contributed by atoms with van der Waals surface area (Å²) >= 11 is 1.45. The minimum atomic E-state index is -5.17. The van der Waals surface area contributed by atoms with Crippen LogP contribution < -0.4 is 4.74 Å². The van der Waals surface area contributed by atoms with Crippen LogP contribution in [0.2, 0.25) is 0 Å². The summed E-state index contributed by atoms with van der Waals surface area (Å²) in [6.45, 7) is 3.67. The molecule has 0 atom stereocenters. The molecule has 0 bridgehead atoms. The molecule has 0 aliphatic rings. The molecule has 0 amide bonds. The van der Waals surface area contributed by atoms with Gasteiger partial charge in [0.2, 0.25) is 5.75 Å². The van der Waals surface area contributed by atoms with E-state index in [9.17, 15) is 22.0 Å². The van der Waals surface area contributed by atoms with Gasteiger partial charge >= 0.3 is 6.36 Å². The molecule has 0 spiro atoms. The summed E-state index contributed by atoms with van der Waals surface area (Å²) in [5.74, 6) is -4.29. The molecule has 3 aromatic rings. The molecule has 0 radical (unpaired) electrons. The number of fused-ring (bicyclic) bond motifs is 1. The standard InChI is InChI=1S/C17H9F5OS/c1-2-12-5-10-4-3-9(8-15(10)24-12)11-6-13(18)16(14(19)7-11)23-17(20,21)22/h2-8H,1H2. The average Bonchev–Trinajstić information content (AvgIpc) is 2.92. The zero-order valence-corrected chi connectivity index (χ0v) is 12.8. The van der Waals surface area contributed by atoms with Gasteiger partial charge in [-0.25, -0.2) is 8.78 Å². The lowest BCUT2D eigenvalue weighted by Gasteiger charge is -2.12. The lowest BCUT2D eigenvalue weighted by molar-refractivity contribution is -0.276. The Morgan fingerprint density at radius 1 is 0.958 bits per heavy atom. The third-order valence-corrected chi connectivity index (χ3v) is 4.38. The van der Waals surface area contributed by atoms with Crippen molar-refractivity contribution in [2.75, 3.05) is 0 Å². The highest BCUT2D eigenvalue weighted by atomic mass is 32.1. The van der Waals surface area contributed by atoms with Crippen LogP contribution in [-0.2, 0) is 0 Å². The Balaban J connectivity index is 2.05. The summed E-state index contributed by atoms with van der Waals surface area (Å²) in [6.07, 6.45) is -3.48. The van der Waals surface area contributed by atoms with E-state index in [1.165, 1.54) is 11.3 Å². The van der Waals surface area contributed by atoms with Gasteiger partial charge in [-0.3, -0.25) is 0 Å². The molecule has 1 heterocycles. The Kier molecular flexibility index (Phi) is 4.04. The van der Waals surface area contributed by atoms with Crippen molar-refractivity contribution < 1.29 is 26.7 Å². The van der Waals surface area contributed by atoms with Crippen molar-refractivity contribution in [2.24, 2.45) is 0 Å². The maximum Gasteiger partial charge on any atom is 0.573 e. The Hall–Kier alpha value is -2.41. The molecule has 2 aromatic carbocycles. The minimum Gasteiger partial charge on any atom is -0.399 e. The highest BCUT2D eigenvalue weighted by Gasteiger charge is 2.34. The second-order valence-electron chi connectivity index (χ2n) is 4.92. The first-order valence-electron chi connectivity index (χ1n) is 6.68. The second-order valence-corrected chi connectivity index (χ2v) is 6.04. The molecule has 1 aromatic heterocycles. The third kappa shape index (κ3) is 3.26. The van der Waals surface area contributed by atoms with Crippen LogP contribution in [0.3, 0.4) is 0 Å². The average molecular weight is 356 g/mol. The van der Waals surface area contributed by atoms with Gasteiger partial charge in [-0.1, -0.05) is 24.8 Å². The summed E-state index contributed by atoms with van der Waals surface area (Å²) in [5.41, 5.74) is 0.603. The molecule has 0 fully saturated rings. The van der Waals surface area contributed by atoms with Gasteiger partial charge in [-0.2, -0.15) is 0 Å². The van der Waals surface area contributed by atoms with Crippen LogP contribution in [-0.4, -0.2) is 6.36 Å². The maximum atomic E-state index is 13.8. The number of halogens is 5. The second kappa shape index (κ2) is 5.90. The SMILES string of the molecule is C=Cc1cc2ccc(-c3cc(F)c(OC(F)(F)F)c(F)c3)cc2s1. The number of ether oxygens (including phenoxy) is 1. The van der Waals surface area contributed by atoms with Crippen LogP contribution >= 0.6 is 11.3 Å². The van der Waals surface area contributed by atoms with E-state index in [1.807, 2.05) is 6.07 Å². The normalized spacial score (nSPS) is 11.7. The molecule has 3 rings (SSSR count). The van der Waals surface area contributed by atoms with Gasteiger partial charge in [0.1, 0.15) is 0 Å². The molecule has 0 unspecified atom stereocenters. The van der Waals surface area contributed by atoms with Crippen molar-refractivity contribution in [2.45, 2.75) is 6.36 Å². The van der Waals surface area contributed by atoms with Crippen LogP contribution in [0.25, 0.3) is 27.3 Å². The fourth-order valence-electron chi connectivity index (χ4n) is 2.27. The number of alkyl halides is 3. The van der Waals surface area contributed by atoms with Crippen LogP contribution in [0.1, 0.15) is 4.88 Å². The molecule has 124 valence electrons. The van der Waals surface area contributed by atoms with E-state index in [2.05, 4.69) is 11.3 Å². The van der Waals surface area contributed by atoms with Gasteiger partial charge in [0.05, 0.1) is 0 Å². The van der Waals surface area contributed by atoms with Crippen LogP contribution in [0.4, 0.5) is 22.0 Å². The van der Waals surface area contributed by atoms with E-state index in [-0.39, 0.29) is 5.56 Å². The quantitative estimate of drug-likeness (QED) is 0.494. The lowest BCUT2D eigenvalue weighted by Crippen LogP contribution is -2.19. The fraction of sp³-hybridized carbons (Fsp3) is 0.0588. The van der Waals surface area contributed by atoms with Crippen molar-refractivity contribution in [1.82, 2.24) is 0 Å². The zero-order chi connectivity index (χ0) is 17.5. The fourth-order valence-corrected chi connectivity index (χ4v) is 3.23. The Morgan fingerprint density at radius 3 is 2.21 bits per heavy atom. The summed E-state index contributed by atoms with van der Waals surface area (Å²) in [6, 6.07) is 8.66. The Bertz CT molecular complexity index is 903. The lowest BCUT2D eigenvalue weighted by atomic mass is 10.0. The van der Waals surface area contributed by atoms with E-state index in [0.29, 0.717) is 5.56 Å². The van der Waals surface area contributed by atoms with Gasteiger partial charge in [-0.15, -0.1) is 24.5 Å². The topological polar surface area (TPSA) is 9.23 Å². The van der Waals surface area contributed by atoms with Gasteiger partial charge < -0.3 is 4.74 Å². The molecular weight excluding hydrogens is 347 g/mol. The smallest absolute Gasteiger partial charge is 0.399 e. The number of thiophene rings is 1. The van der Waals surface area contributed by atoms with Gasteiger partial charge in [0, 0.05) is 9.58 Å². The van der Waals surface area contributed by atoms with Crippen LogP contribution in [0.5, 0.6) is 5.75 Å². The molecular formula is C17H9F5OS. The molecule has 1 nitrogen and oxygen atoms in total. The first-order chi connectivity index (χ1) is 11.3. The van der Waals surface area contributed by atoms with Crippen molar-refractivity contribution in [3.05, 3.63) is 59.5 Å². The molecule has 0 aliphatic heterocycles. The highest BCUT2D eigenvalue weighted by Crippen LogP contribution is 2.35. The van der Waals surface area contributed by atoms with Crippen molar-refractivity contribution in [3.63, 3.8) is 0 Å². The molecule has 7 heteroatoms. The number of rotatable bonds is 3. The molecule has 0 saturated heterocycles. The molecule has 0 aliphatic carbocycles. The first-order valence-corrected chi connectivity index (χ1v) is 7.49. The number of benzene rings is 2. The van der Waals surface area contributed by atoms with Crippen LogP contribution in [0.15, 0.2) is 43.0 Å². The predicted octanol–water partition coefficient (Wildman–Crippen LogP) is 6.39. The number of hydrogen-bond acceptors (Lipinski definition) is 2. The largest absolute Gasteiger partial charge is 0.573 e. The monoisotopic (exact) mass is 356 g/mol. The maximum absolute atomic E-state index is 13.8. The van der Waals surface area contributed by atoms with Gasteiger partial charge in [0.25, 0.3) is 0 Å². The van der Waals surface area contributed by atoms with E-state index >= 15 is 0 Å². The van der Waals surface area contributed by atoms with E-state index < -0.39 is 23.7 Å². The zero-order valence-electron chi connectivity index (χ0n) is 12.0. The van der Waals surface area contributed by atoms with Crippen LogP contribution in [0, 0.1) is 11.6 Å². The molecule has 0 N–H and O–H groups in total. The van der Waals surface area contributed by atoms with E-state index in [1.54, 1.807) is 24.3 Å². The first kappa shape index (κ1) is 16.4. The highest BCUT2D eigenvalue weighted by molar-refractivity contribution is 7.19. The summed E-state index contributed by atoms with van der Waals surface area (Å²) < 4.78 is 68.4. The Morgan fingerprint density at radius 2 is 1.62 bits per heavy atom. The van der Waals surface area contributed by atoms with Crippen molar-refractivity contribution in [3.8, 4) is 16.9 Å². The third-order valence-electron chi connectivity index (χ3n) is 3.29. The summed E-state index contributed by atoms with van der Waals surface area (Å²) in [7, 11) is 0. The molecule has 0 saturated carbocycles. The Labute approximate surface area is 137 Å². The summed E-state index contributed by atoms with van der Waals surface area (Å²) in [5, 5.41) is 0.941. The van der Waals surface area contributed by atoms with Gasteiger partial charge in [-0.05, 0) is 40.8 Å². The van der Waals surface area contributed by atoms with Crippen molar-refractivity contribution in [1.29, 1.82) is 0 Å². The summed E-state index contributed by atoms with van der Waals surface area (Å²) in [4.78, 5) is 0.938. The van der Waals surface area contributed by atoms with E-state index in [0.717, 1.165) is 27.1 Å². The number of hydrogen-bond donors (Lipinski definition) is 0. The minimum absolute atomic E-state index is 0.120. The van der Waals surface area contributed by atoms with Crippen molar-refractivity contribution >= 4 is 27.5 Å². The van der Waals surface area contributed by atoms with Gasteiger partial charge in [0.15, 0.2) is 11.6 Å².